The molecule has 8 heteroatoms. The Balaban J connectivity index is 1.59. The minimum Gasteiger partial charge on any atom is -0.353 e. The Morgan fingerprint density at radius 1 is 1.07 bits per heavy atom. The van der Waals surface area contributed by atoms with Crippen LogP contribution in [0.4, 0.5) is 14.5 Å². The molecule has 0 saturated carbocycles. The first-order valence-electron chi connectivity index (χ1n) is 13.4. The van der Waals surface area contributed by atoms with Crippen LogP contribution in [0.25, 0.3) is 16.7 Å². The number of halogens is 2. The van der Waals surface area contributed by atoms with Crippen LogP contribution in [0, 0.1) is 24.0 Å². The predicted molar refractivity (Wildman–Crippen MR) is 157 cm³/mol. The first-order chi connectivity index (χ1) is 19.2. The number of anilines is 1. The second kappa shape index (κ2) is 11.1. The van der Waals surface area contributed by atoms with E-state index in [1.807, 2.05) is 43.3 Å². The highest BCUT2D eigenvalue weighted by Crippen LogP contribution is 2.42. The SMILES string of the molecule is C=C1NNCCCC(C)(Cc2cccc(F)c2-n2nnc3ccccc32)/C(C)=C\1C(=C)Nc1ccc(C)cc1F. The standard InChI is InChI=1S/C32H34F2N6/c1-20-14-15-27(26(34)18-20)36-22(3)30-21(2)32(5,16-9-17-35-37-23(30)4)19-24-10-8-11-25(33)31(24)40-29-13-7-6-12-28(29)38-39-40/h6-8,10-15,18,35-37H,3-4,9,16-17,19H2,1-2,5H3/b30-21-. The lowest BCUT2D eigenvalue weighted by molar-refractivity contribution is 0.346. The number of nitrogens with zero attached hydrogens (tertiary/aromatic N) is 3. The van der Waals surface area contributed by atoms with Gasteiger partial charge in [-0.15, -0.1) is 5.10 Å². The number of aromatic nitrogens is 3. The van der Waals surface area contributed by atoms with E-state index < -0.39 is 5.41 Å². The number of hydrogen-bond donors (Lipinski definition) is 3. The number of hydrazine groups is 1. The molecule has 0 aliphatic carbocycles. The molecule has 0 bridgehead atoms. The zero-order valence-electron chi connectivity index (χ0n) is 23.1. The Kier molecular flexibility index (Phi) is 7.54. The van der Waals surface area contributed by atoms with Crippen molar-refractivity contribution in [2.45, 2.75) is 40.0 Å². The van der Waals surface area contributed by atoms with Gasteiger partial charge in [0.15, 0.2) is 0 Å². The van der Waals surface area contributed by atoms with Gasteiger partial charge in [0.05, 0.1) is 16.9 Å². The summed E-state index contributed by atoms with van der Waals surface area (Å²) >= 11 is 0. The van der Waals surface area contributed by atoms with Crippen LogP contribution >= 0.6 is 0 Å². The van der Waals surface area contributed by atoms with Crippen molar-refractivity contribution in [1.82, 2.24) is 25.8 Å². The molecule has 5 rings (SSSR count). The fourth-order valence-electron chi connectivity index (χ4n) is 5.48. The van der Waals surface area contributed by atoms with Gasteiger partial charge in [0, 0.05) is 17.8 Å². The highest BCUT2D eigenvalue weighted by atomic mass is 19.1. The van der Waals surface area contributed by atoms with Crippen molar-refractivity contribution >= 4 is 16.7 Å². The van der Waals surface area contributed by atoms with Gasteiger partial charge in [0.25, 0.3) is 0 Å². The van der Waals surface area contributed by atoms with E-state index in [-0.39, 0.29) is 11.6 Å². The van der Waals surface area contributed by atoms with Crippen molar-refractivity contribution in [1.29, 1.82) is 0 Å². The molecular weight excluding hydrogens is 506 g/mol. The molecule has 40 heavy (non-hydrogen) atoms. The van der Waals surface area contributed by atoms with Crippen LogP contribution in [-0.4, -0.2) is 21.5 Å². The Hall–Kier alpha value is -4.30. The highest BCUT2D eigenvalue weighted by Gasteiger charge is 2.33. The maximum absolute atomic E-state index is 15.5. The van der Waals surface area contributed by atoms with Gasteiger partial charge in [-0.2, -0.15) is 0 Å². The van der Waals surface area contributed by atoms with Gasteiger partial charge in [-0.3, -0.25) is 0 Å². The molecule has 0 spiro atoms. The lowest BCUT2D eigenvalue weighted by Crippen LogP contribution is -2.32. The van der Waals surface area contributed by atoms with Gasteiger partial charge in [-0.25, -0.2) is 18.9 Å². The number of allylic oxidation sites excluding steroid dienone is 1. The van der Waals surface area contributed by atoms with Gasteiger partial charge < -0.3 is 10.7 Å². The number of hydrogen-bond acceptors (Lipinski definition) is 5. The quantitative estimate of drug-likeness (QED) is 0.248. The zero-order chi connectivity index (χ0) is 28.4. The molecule has 1 aliphatic heterocycles. The Labute approximate surface area is 233 Å². The van der Waals surface area contributed by atoms with Crippen molar-refractivity contribution in [2.75, 3.05) is 11.9 Å². The van der Waals surface area contributed by atoms with E-state index in [1.165, 1.54) is 12.1 Å². The summed E-state index contributed by atoms with van der Waals surface area (Å²) in [6.45, 7) is 15.3. The fourth-order valence-corrected chi connectivity index (χ4v) is 5.48. The van der Waals surface area contributed by atoms with Crippen LogP contribution in [0.5, 0.6) is 0 Å². The summed E-state index contributed by atoms with van der Waals surface area (Å²) in [7, 11) is 0. The van der Waals surface area contributed by atoms with Crippen LogP contribution in [0.15, 0.2) is 96.4 Å². The molecule has 1 unspecified atom stereocenters. The number of aryl methyl sites for hydroxylation is 1. The highest BCUT2D eigenvalue weighted by molar-refractivity contribution is 5.76. The maximum Gasteiger partial charge on any atom is 0.149 e. The first kappa shape index (κ1) is 27.3. The molecule has 0 saturated heterocycles. The molecule has 1 atom stereocenters. The first-order valence-corrected chi connectivity index (χ1v) is 13.4. The minimum absolute atomic E-state index is 0.337. The van der Waals surface area contributed by atoms with Crippen molar-refractivity contribution in [2.24, 2.45) is 5.41 Å². The smallest absolute Gasteiger partial charge is 0.149 e. The predicted octanol–water partition coefficient (Wildman–Crippen LogP) is 6.90. The third-order valence-electron chi connectivity index (χ3n) is 7.78. The van der Waals surface area contributed by atoms with E-state index >= 15 is 4.39 Å². The van der Waals surface area contributed by atoms with E-state index in [1.54, 1.807) is 16.8 Å². The van der Waals surface area contributed by atoms with Crippen molar-refractivity contribution in [3.05, 3.63) is 119 Å². The van der Waals surface area contributed by atoms with E-state index in [2.05, 4.69) is 53.5 Å². The molecule has 0 fully saturated rings. The average molecular weight is 541 g/mol. The summed E-state index contributed by atoms with van der Waals surface area (Å²) in [6, 6.07) is 17.7. The summed E-state index contributed by atoms with van der Waals surface area (Å²) in [5.74, 6) is -0.721. The molecule has 0 amide bonds. The van der Waals surface area contributed by atoms with Gasteiger partial charge in [-0.1, -0.05) is 61.2 Å². The van der Waals surface area contributed by atoms with Crippen LogP contribution in [-0.2, 0) is 6.42 Å². The second-order valence-electron chi connectivity index (χ2n) is 10.7. The third kappa shape index (κ3) is 5.27. The molecule has 3 aromatic carbocycles. The topological polar surface area (TPSA) is 66.8 Å². The molecular formula is C32H34F2N6. The lowest BCUT2D eigenvalue weighted by Gasteiger charge is -2.34. The summed E-state index contributed by atoms with van der Waals surface area (Å²) in [5.41, 5.74) is 12.7. The number of para-hydroxylation sites is 2. The van der Waals surface area contributed by atoms with E-state index in [0.717, 1.165) is 40.6 Å². The molecule has 0 radical (unpaired) electrons. The number of rotatable bonds is 6. The van der Waals surface area contributed by atoms with Gasteiger partial charge in [-0.05, 0) is 80.0 Å². The summed E-state index contributed by atoms with van der Waals surface area (Å²) in [5, 5.41) is 11.7. The summed E-state index contributed by atoms with van der Waals surface area (Å²) in [6.07, 6.45) is 2.21. The Morgan fingerprint density at radius 2 is 1.88 bits per heavy atom. The van der Waals surface area contributed by atoms with Crippen LogP contribution in [0.2, 0.25) is 0 Å². The van der Waals surface area contributed by atoms with E-state index in [4.69, 9.17) is 0 Å². The molecule has 2 heterocycles. The largest absolute Gasteiger partial charge is 0.353 e. The number of benzene rings is 3. The maximum atomic E-state index is 15.5. The molecule has 1 aliphatic rings. The number of nitrogens with one attached hydrogen (secondary N) is 3. The normalized spacial score (nSPS) is 20.0. The Morgan fingerprint density at radius 3 is 2.67 bits per heavy atom. The fraction of sp³-hybridized carbons (Fsp3) is 0.250. The van der Waals surface area contributed by atoms with Gasteiger partial charge in [0.1, 0.15) is 22.8 Å². The molecule has 6 nitrogen and oxygen atoms in total. The Bertz CT molecular complexity index is 1640. The third-order valence-corrected chi connectivity index (χ3v) is 7.78. The monoisotopic (exact) mass is 540 g/mol. The van der Waals surface area contributed by atoms with Gasteiger partial charge >= 0.3 is 0 Å². The molecule has 4 aromatic rings. The van der Waals surface area contributed by atoms with Gasteiger partial charge in [0.2, 0.25) is 0 Å². The molecule has 1 aromatic heterocycles. The minimum atomic E-state index is -0.415. The summed E-state index contributed by atoms with van der Waals surface area (Å²) < 4.78 is 31.8. The summed E-state index contributed by atoms with van der Waals surface area (Å²) in [4.78, 5) is 0. The average Bonchev–Trinajstić information content (AvgIpc) is 3.35. The number of fused-ring (bicyclic) bond motifs is 1. The van der Waals surface area contributed by atoms with Crippen molar-refractivity contribution in [3.63, 3.8) is 0 Å². The van der Waals surface area contributed by atoms with Crippen molar-refractivity contribution in [3.8, 4) is 5.69 Å². The second-order valence-corrected chi connectivity index (χ2v) is 10.7. The lowest BCUT2D eigenvalue weighted by atomic mass is 9.71. The van der Waals surface area contributed by atoms with Crippen LogP contribution < -0.4 is 16.2 Å². The van der Waals surface area contributed by atoms with E-state index in [9.17, 15) is 4.39 Å². The molecule has 206 valence electrons. The van der Waals surface area contributed by atoms with Crippen LogP contribution in [0.1, 0.15) is 37.8 Å². The van der Waals surface area contributed by atoms with Crippen molar-refractivity contribution < 1.29 is 8.78 Å². The van der Waals surface area contributed by atoms with E-state index in [0.29, 0.717) is 41.3 Å². The molecule has 3 N–H and O–H groups in total. The van der Waals surface area contributed by atoms with Crippen LogP contribution in [0.3, 0.4) is 0 Å². The zero-order valence-corrected chi connectivity index (χ0v) is 23.1.